The van der Waals surface area contributed by atoms with E-state index in [1.807, 2.05) is 60.7 Å². The van der Waals surface area contributed by atoms with Crippen molar-refractivity contribution >= 4 is 5.97 Å². The van der Waals surface area contributed by atoms with Crippen LogP contribution in [0, 0.1) is 5.41 Å². The van der Waals surface area contributed by atoms with E-state index in [-0.39, 0.29) is 5.97 Å². The molecule has 2 fully saturated rings. The van der Waals surface area contributed by atoms with Gasteiger partial charge >= 0.3 is 5.97 Å². The third-order valence-corrected chi connectivity index (χ3v) is 5.75. The Hall–Kier alpha value is -2.13. The average molecular weight is 322 g/mol. The Kier molecular flexibility index (Phi) is 3.69. The summed E-state index contributed by atoms with van der Waals surface area (Å²) >= 11 is 0. The molecule has 124 valence electrons. The first kappa shape index (κ1) is 15.4. The SMILES string of the molecule is O=C1O[C@@H](c2ccccc2)[C@@](O)(c2ccccc2)C12CCCCC2. The van der Waals surface area contributed by atoms with Crippen molar-refractivity contribution in [1.29, 1.82) is 0 Å². The molecule has 3 nitrogen and oxygen atoms in total. The lowest BCUT2D eigenvalue weighted by Gasteiger charge is -2.43. The van der Waals surface area contributed by atoms with Gasteiger partial charge in [-0.15, -0.1) is 0 Å². The average Bonchev–Trinajstić information content (AvgIpc) is 2.87. The third-order valence-electron chi connectivity index (χ3n) is 5.75. The number of aliphatic hydroxyl groups is 1. The van der Waals surface area contributed by atoms with E-state index in [2.05, 4.69) is 0 Å². The van der Waals surface area contributed by atoms with Crippen LogP contribution in [0.3, 0.4) is 0 Å². The number of rotatable bonds is 2. The summed E-state index contributed by atoms with van der Waals surface area (Å²) in [6, 6.07) is 19.2. The first-order chi connectivity index (χ1) is 11.7. The molecule has 3 heteroatoms. The molecular formula is C21H22O3. The Morgan fingerprint density at radius 3 is 2.08 bits per heavy atom. The van der Waals surface area contributed by atoms with E-state index in [0.29, 0.717) is 12.8 Å². The van der Waals surface area contributed by atoms with Gasteiger partial charge in [0.05, 0.1) is 0 Å². The number of hydrogen-bond donors (Lipinski definition) is 1. The summed E-state index contributed by atoms with van der Waals surface area (Å²) in [4.78, 5) is 12.9. The molecule has 0 unspecified atom stereocenters. The summed E-state index contributed by atoms with van der Waals surface area (Å²) < 4.78 is 5.82. The molecule has 1 N–H and O–H groups in total. The van der Waals surface area contributed by atoms with Crippen molar-refractivity contribution < 1.29 is 14.6 Å². The highest BCUT2D eigenvalue weighted by atomic mass is 16.6. The smallest absolute Gasteiger partial charge is 0.316 e. The van der Waals surface area contributed by atoms with Gasteiger partial charge in [0.15, 0.2) is 6.10 Å². The highest BCUT2D eigenvalue weighted by Gasteiger charge is 2.67. The lowest BCUT2D eigenvalue weighted by atomic mass is 9.60. The van der Waals surface area contributed by atoms with Crippen molar-refractivity contribution in [3.05, 3.63) is 71.8 Å². The molecule has 2 aromatic rings. The Labute approximate surface area is 142 Å². The third kappa shape index (κ3) is 2.04. The van der Waals surface area contributed by atoms with Gasteiger partial charge in [-0.25, -0.2) is 0 Å². The van der Waals surface area contributed by atoms with Crippen LogP contribution in [0.1, 0.15) is 49.3 Å². The van der Waals surface area contributed by atoms with Crippen LogP contribution in [0.15, 0.2) is 60.7 Å². The molecule has 4 rings (SSSR count). The predicted octanol–water partition coefficient (Wildman–Crippen LogP) is 4.12. The van der Waals surface area contributed by atoms with Gasteiger partial charge in [0.2, 0.25) is 0 Å². The van der Waals surface area contributed by atoms with Crippen LogP contribution in [-0.2, 0) is 15.1 Å². The maximum atomic E-state index is 12.9. The van der Waals surface area contributed by atoms with E-state index in [0.717, 1.165) is 30.4 Å². The van der Waals surface area contributed by atoms with Crippen molar-refractivity contribution in [3.63, 3.8) is 0 Å². The summed E-state index contributed by atoms with van der Waals surface area (Å²) in [6.07, 6.45) is 3.71. The monoisotopic (exact) mass is 322 g/mol. The zero-order valence-corrected chi connectivity index (χ0v) is 13.7. The number of ether oxygens (including phenoxy) is 1. The summed E-state index contributed by atoms with van der Waals surface area (Å²) in [6.45, 7) is 0. The van der Waals surface area contributed by atoms with Gasteiger partial charge in [0.1, 0.15) is 11.0 Å². The summed E-state index contributed by atoms with van der Waals surface area (Å²) in [7, 11) is 0. The fourth-order valence-corrected chi connectivity index (χ4v) is 4.51. The standard InChI is InChI=1S/C21H22O3/c22-19-20(14-8-3-9-15-20)21(23,17-12-6-2-7-13-17)18(24-19)16-10-4-1-5-11-16/h1-2,4-7,10-13,18,23H,3,8-9,14-15H2/t18-,21-/m0/s1. The molecule has 2 aliphatic rings. The summed E-state index contributed by atoms with van der Waals surface area (Å²) in [5, 5.41) is 12.0. The number of carbonyl (C=O) groups is 1. The molecule has 1 spiro atoms. The lowest BCUT2D eigenvalue weighted by molar-refractivity contribution is -0.152. The van der Waals surface area contributed by atoms with Crippen LogP contribution in [0.4, 0.5) is 0 Å². The molecule has 1 aliphatic heterocycles. The summed E-state index contributed by atoms with van der Waals surface area (Å²) in [5.41, 5.74) is -0.550. The predicted molar refractivity (Wildman–Crippen MR) is 91.1 cm³/mol. The lowest BCUT2D eigenvalue weighted by Crippen LogP contribution is -2.48. The minimum absolute atomic E-state index is 0.248. The van der Waals surface area contributed by atoms with Crippen LogP contribution in [0.2, 0.25) is 0 Å². The van der Waals surface area contributed by atoms with Crippen molar-refractivity contribution in [1.82, 2.24) is 0 Å². The molecule has 1 heterocycles. The molecule has 0 bridgehead atoms. The van der Waals surface area contributed by atoms with Crippen molar-refractivity contribution in [3.8, 4) is 0 Å². The van der Waals surface area contributed by atoms with Gasteiger partial charge < -0.3 is 9.84 Å². The molecule has 1 aliphatic carbocycles. The van der Waals surface area contributed by atoms with Gasteiger partial charge in [-0.1, -0.05) is 79.9 Å². The highest BCUT2D eigenvalue weighted by molar-refractivity contribution is 5.82. The van der Waals surface area contributed by atoms with Crippen molar-refractivity contribution in [2.24, 2.45) is 5.41 Å². The topological polar surface area (TPSA) is 46.5 Å². The summed E-state index contributed by atoms with van der Waals surface area (Å²) in [5.74, 6) is -0.248. The molecule has 2 aromatic carbocycles. The molecule has 0 amide bonds. The first-order valence-electron chi connectivity index (χ1n) is 8.72. The fraction of sp³-hybridized carbons (Fsp3) is 0.381. The number of cyclic esters (lactones) is 1. The minimum Gasteiger partial charge on any atom is -0.453 e. The number of carbonyl (C=O) groups excluding carboxylic acids is 1. The van der Waals surface area contributed by atoms with E-state index < -0.39 is 17.1 Å². The number of benzene rings is 2. The first-order valence-corrected chi connectivity index (χ1v) is 8.72. The maximum absolute atomic E-state index is 12.9. The normalized spacial score (nSPS) is 28.7. The van der Waals surface area contributed by atoms with Crippen LogP contribution < -0.4 is 0 Å². The molecule has 1 saturated heterocycles. The second-order valence-electron chi connectivity index (χ2n) is 6.97. The Morgan fingerprint density at radius 2 is 1.46 bits per heavy atom. The second-order valence-corrected chi connectivity index (χ2v) is 6.97. The fourth-order valence-electron chi connectivity index (χ4n) is 4.51. The van der Waals surface area contributed by atoms with Gasteiger partial charge in [-0.2, -0.15) is 0 Å². The molecule has 2 atom stereocenters. The molecule has 0 aromatic heterocycles. The van der Waals surface area contributed by atoms with Gasteiger partial charge in [-0.3, -0.25) is 4.79 Å². The van der Waals surface area contributed by atoms with E-state index >= 15 is 0 Å². The van der Waals surface area contributed by atoms with Gasteiger partial charge in [0, 0.05) is 0 Å². The van der Waals surface area contributed by atoms with Gasteiger partial charge in [0.25, 0.3) is 0 Å². The van der Waals surface area contributed by atoms with Crippen LogP contribution in [0.5, 0.6) is 0 Å². The van der Waals surface area contributed by atoms with Crippen molar-refractivity contribution in [2.75, 3.05) is 0 Å². The van der Waals surface area contributed by atoms with Crippen LogP contribution in [0.25, 0.3) is 0 Å². The van der Waals surface area contributed by atoms with Crippen LogP contribution in [-0.4, -0.2) is 11.1 Å². The zero-order chi connectivity index (χ0) is 16.6. The number of esters is 1. The zero-order valence-electron chi connectivity index (χ0n) is 13.7. The van der Waals surface area contributed by atoms with E-state index in [1.54, 1.807) is 0 Å². The second kappa shape index (κ2) is 5.75. The number of hydrogen-bond acceptors (Lipinski definition) is 3. The molecule has 0 radical (unpaired) electrons. The quantitative estimate of drug-likeness (QED) is 0.846. The molecular weight excluding hydrogens is 300 g/mol. The van der Waals surface area contributed by atoms with E-state index in [4.69, 9.17) is 4.74 Å². The highest BCUT2D eigenvalue weighted by Crippen LogP contribution is 2.61. The minimum atomic E-state index is -1.33. The van der Waals surface area contributed by atoms with E-state index in [9.17, 15) is 9.90 Å². The van der Waals surface area contributed by atoms with E-state index in [1.165, 1.54) is 0 Å². The Balaban J connectivity index is 1.91. The Morgan fingerprint density at radius 1 is 0.875 bits per heavy atom. The maximum Gasteiger partial charge on any atom is 0.316 e. The van der Waals surface area contributed by atoms with Crippen molar-refractivity contribution in [2.45, 2.75) is 43.8 Å². The van der Waals surface area contributed by atoms with Crippen LogP contribution >= 0.6 is 0 Å². The Bertz CT molecular complexity index is 719. The molecule has 1 saturated carbocycles. The van der Waals surface area contributed by atoms with Gasteiger partial charge in [-0.05, 0) is 24.0 Å². The largest absolute Gasteiger partial charge is 0.453 e. The molecule has 24 heavy (non-hydrogen) atoms.